The van der Waals surface area contributed by atoms with Crippen molar-refractivity contribution in [2.45, 2.75) is 6.92 Å². The van der Waals surface area contributed by atoms with Gasteiger partial charge in [-0.2, -0.15) is 0 Å². The lowest BCUT2D eigenvalue weighted by Crippen LogP contribution is -2.13. The van der Waals surface area contributed by atoms with Gasteiger partial charge < -0.3 is 11.1 Å². The molecule has 0 bridgehead atoms. The highest BCUT2D eigenvalue weighted by Crippen LogP contribution is 2.16. The molecule has 0 atom stereocenters. The Kier molecular flexibility index (Phi) is 4.70. The van der Waals surface area contributed by atoms with E-state index in [0.29, 0.717) is 5.56 Å². The molecule has 0 aliphatic carbocycles. The first kappa shape index (κ1) is 14.8. The van der Waals surface area contributed by atoms with Gasteiger partial charge in [-0.15, -0.1) is 0 Å². The van der Waals surface area contributed by atoms with Crippen molar-refractivity contribution in [3.05, 3.63) is 65.0 Å². The lowest BCUT2D eigenvalue weighted by Gasteiger charge is -2.07. The molecule has 0 spiro atoms. The van der Waals surface area contributed by atoms with Crippen molar-refractivity contribution >= 4 is 11.6 Å². The van der Waals surface area contributed by atoms with E-state index in [1.165, 1.54) is 6.07 Å². The van der Waals surface area contributed by atoms with Crippen molar-refractivity contribution in [1.82, 2.24) is 0 Å². The molecule has 1 amide bonds. The molecule has 2 rings (SSSR count). The summed E-state index contributed by atoms with van der Waals surface area (Å²) in [4.78, 5) is 12.0. The predicted molar refractivity (Wildman–Crippen MR) is 81.5 cm³/mol. The number of rotatable bonds is 2. The number of nitrogens with two attached hydrogens (primary N) is 1. The minimum absolute atomic E-state index is 0.164. The molecule has 3 N–H and O–H groups in total. The van der Waals surface area contributed by atoms with Crippen LogP contribution in [0.2, 0.25) is 0 Å². The van der Waals surface area contributed by atoms with Gasteiger partial charge in [0, 0.05) is 11.1 Å². The molecule has 2 aromatic rings. The second-order valence-corrected chi connectivity index (χ2v) is 4.52. The van der Waals surface area contributed by atoms with E-state index >= 15 is 0 Å². The van der Waals surface area contributed by atoms with E-state index in [1.54, 1.807) is 43.3 Å². The van der Waals surface area contributed by atoms with Crippen LogP contribution in [0, 0.1) is 24.6 Å². The molecule has 0 saturated heterocycles. The van der Waals surface area contributed by atoms with Crippen molar-refractivity contribution < 1.29 is 9.18 Å². The highest BCUT2D eigenvalue weighted by atomic mass is 19.1. The molecule has 0 aromatic heterocycles. The molecule has 0 aliphatic heterocycles. The highest BCUT2D eigenvalue weighted by molar-refractivity contribution is 6.04. The molecular formula is C17H15FN2O. The lowest BCUT2D eigenvalue weighted by atomic mass is 10.1. The average Bonchev–Trinajstić information content (AvgIpc) is 2.48. The van der Waals surface area contributed by atoms with Crippen LogP contribution in [0.1, 0.15) is 21.5 Å². The number of amides is 1. The Bertz CT molecular complexity index is 712. The smallest absolute Gasteiger partial charge is 0.255 e. The van der Waals surface area contributed by atoms with Crippen molar-refractivity contribution in [3.8, 4) is 11.8 Å². The third kappa shape index (κ3) is 3.91. The Morgan fingerprint density at radius 1 is 1.24 bits per heavy atom. The molecule has 0 radical (unpaired) electrons. The van der Waals surface area contributed by atoms with E-state index < -0.39 is 5.82 Å². The Morgan fingerprint density at radius 2 is 1.95 bits per heavy atom. The molecule has 0 aliphatic rings. The largest absolute Gasteiger partial charge is 0.320 e. The van der Waals surface area contributed by atoms with E-state index in [-0.39, 0.29) is 18.1 Å². The van der Waals surface area contributed by atoms with Crippen LogP contribution in [-0.4, -0.2) is 12.5 Å². The minimum atomic E-state index is -0.450. The van der Waals surface area contributed by atoms with Crippen LogP contribution in [0.15, 0.2) is 42.5 Å². The molecule has 2 aromatic carbocycles. The maximum atomic E-state index is 13.7. The summed E-state index contributed by atoms with van der Waals surface area (Å²) < 4.78 is 13.7. The van der Waals surface area contributed by atoms with Gasteiger partial charge in [0.2, 0.25) is 0 Å². The van der Waals surface area contributed by atoms with Crippen LogP contribution in [-0.2, 0) is 0 Å². The number of carbonyl (C=O) groups is 1. The van der Waals surface area contributed by atoms with Gasteiger partial charge in [-0.3, -0.25) is 4.79 Å². The van der Waals surface area contributed by atoms with Crippen LogP contribution in [0.5, 0.6) is 0 Å². The number of halogens is 1. The Labute approximate surface area is 123 Å². The summed E-state index contributed by atoms with van der Waals surface area (Å²) in [7, 11) is 0. The number of anilines is 1. The molecule has 106 valence electrons. The van der Waals surface area contributed by atoms with Crippen molar-refractivity contribution in [3.63, 3.8) is 0 Å². The normalized spacial score (nSPS) is 9.67. The fraction of sp³-hybridized carbons (Fsp3) is 0.118. The van der Waals surface area contributed by atoms with Gasteiger partial charge in [0.25, 0.3) is 5.91 Å². The summed E-state index contributed by atoms with van der Waals surface area (Å²) in [5.74, 6) is 4.79. The minimum Gasteiger partial charge on any atom is -0.320 e. The summed E-state index contributed by atoms with van der Waals surface area (Å²) in [5.41, 5.74) is 7.47. The quantitative estimate of drug-likeness (QED) is 0.832. The average molecular weight is 282 g/mol. The number of hydrogen-bond donors (Lipinski definition) is 2. The van der Waals surface area contributed by atoms with Crippen LogP contribution >= 0.6 is 0 Å². The second-order valence-electron chi connectivity index (χ2n) is 4.52. The highest BCUT2D eigenvalue weighted by Gasteiger charge is 2.09. The van der Waals surface area contributed by atoms with Gasteiger partial charge in [0.05, 0.1) is 12.2 Å². The van der Waals surface area contributed by atoms with Crippen molar-refractivity contribution in [2.75, 3.05) is 11.9 Å². The molecule has 0 unspecified atom stereocenters. The number of nitrogens with one attached hydrogen (secondary N) is 1. The molecule has 4 heteroatoms. The number of aryl methyl sites for hydroxylation is 1. The first-order chi connectivity index (χ1) is 10.1. The summed E-state index contributed by atoms with van der Waals surface area (Å²) >= 11 is 0. The van der Waals surface area contributed by atoms with Crippen molar-refractivity contribution in [1.29, 1.82) is 0 Å². The molecule has 0 fully saturated rings. The van der Waals surface area contributed by atoms with E-state index in [4.69, 9.17) is 5.73 Å². The SMILES string of the molecule is Cc1ccc(NC(=O)c2ccc(C#CCN)cc2)c(F)c1. The predicted octanol–water partition coefficient (Wildman–Crippen LogP) is 2.70. The van der Waals surface area contributed by atoms with Crippen molar-refractivity contribution in [2.24, 2.45) is 5.73 Å². The maximum absolute atomic E-state index is 13.7. The molecule has 3 nitrogen and oxygen atoms in total. The fourth-order valence-electron chi connectivity index (χ4n) is 1.77. The van der Waals surface area contributed by atoms with Gasteiger partial charge >= 0.3 is 0 Å². The Hall–Kier alpha value is -2.64. The van der Waals surface area contributed by atoms with Gasteiger partial charge in [0.15, 0.2) is 0 Å². The first-order valence-corrected chi connectivity index (χ1v) is 6.46. The van der Waals surface area contributed by atoms with E-state index in [2.05, 4.69) is 17.2 Å². The number of benzene rings is 2. The third-order valence-corrected chi connectivity index (χ3v) is 2.85. The molecular weight excluding hydrogens is 267 g/mol. The molecule has 0 saturated carbocycles. The van der Waals surface area contributed by atoms with Crippen LogP contribution in [0.25, 0.3) is 0 Å². The summed E-state index contributed by atoms with van der Waals surface area (Å²) in [6.07, 6.45) is 0. The third-order valence-electron chi connectivity index (χ3n) is 2.85. The fourth-order valence-corrected chi connectivity index (χ4v) is 1.77. The second kappa shape index (κ2) is 6.69. The monoisotopic (exact) mass is 282 g/mol. The van der Waals surface area contributed by atoms with E-state index in [9.17, 15) is 9.18 Å². The first-order valence-electron chi connectivity index (χ1n) is 6.46. The zero-order chi connectivity index (χ0) is 15.2. The van der Waals surface area contributed by atoms with E-state index in [1.807, 2.05) is 0 Å². The summed E-state index contributed by atoms with van der Waals surface area (Å²) in [5, 5.41) is 2.55. The van der Waals surface area contributed by atoms with E-state index in [0.717, 1.165) is 11.1 Å². The lowest BCUT2D eigenvalue weighted by molar-refractivity contribution is 0.102. The van der Waals surface area contributed by atoms with Gasteiger partial charge in [0.1, 0.15) is 5.82 Å². The Morgan fingerprint density at radius 3 is 2.57 bits per heavy atom. The zero-order valence-corrected chi connectivity index (χ0v) is 11.6. The molecule has 21 heavy (non-hydrogen) atoms. The maximum Gasteiger partial charge on any atom is 0.255 e. The standard InChI is InChI=1S/C17H15FN2O/c1-12-4-9-16(15(18)11-12)20-17(21)14-7-5-13(6-8-14)3-2-10-19/h4-9,11H,10,19H2,1H3,(H,20,21). The number of hydrogen-bond acceptors (Lipinski definition) is 2. The van der Waals surface area contributed by atoms with Gasteiger partial charge in [-0.1, -0.05) is 17.9 Å². The Balaban J connectivity index is 2.13. The topological polar surface area (TPSA) is 55.1 Å². The van der Waals surface area contributed by atoms with Crippen LogP contribution < -0.4 is 11.1 Å². The zero-order valence-electron chi connectivity index (χ0n) is 11.6. The van der Waals surface area contributed by atoms with Crippen LogP contribution in [0.3, 0.4) is 0 Å². The number of carbonyl (C=O) groups excluding carboxylic acids is 1. The van der Waals surface area contributed by atoms with Gasteiger partial charge in [-0.05, 0) is 48.9 Å². The van der Waals surface area contributed by atoms with Gasteiger partial charge in [-0.25, -0.2) is 4.39 Å². The van der Waals surface area contributed by atoms with Crippen LogP contribution in [0.4, 0.5) is 10.1 Å². The molecule has 0 heterocycles. The summed E-state index contributed by atoms with van der Waals surface area (Å²) in [6.45, 7) is 2.07. The summed E-state index contributed by atoms with van der Waals surface area (Å²) in [6, 6.07) is 11.4.